The van der Waals surface area contributed by atoms with Gasteiger partial charge in [-0.25, -0.2) is 4.68 Å². The molecule has 8 heteroatoms. The van der Waals surface area contributed by atoms with Crippen LogP contribution in [0.1, 0.15) is 23.8 Å². The molecule has 2 heterocycles. The molecule has 0 unspecified atom stereocenters. The second kappa shape index (κ2) is 6.81. The van der Waals surface area contributed by atoms with E-state index in [1.807, 2.05) is 0 Å². The Morgan fingerprint density at radius 3 is 2.92 bits per heavy atom. The molecule has 0 radical (unpaired) electrons. The van der Waals surface area contributed by atoms with Crippen molar-refractivity contribution in [1.82, 2.24) is 15.0 Å². The average molecular weight is 389 g/mol. The summed E-state index contributed by atoms with van der Waals surface area (Å²) in [4.78, 5) is 27.0. The molecule has 1 aliphatic rings. The number of aryl methyl sites for hydroxylation is 1. The number of aromatic nitrogens is 3. The van der Waals surface area contributed by atoms with Crippen molar-refractivity contribution in [3.8, 4) is 0 Å². The fourth-order valence-corrected chi connectivity index (χ4v) is 4.71. The van der Waals surface area contributed by atoms with E-state index in [9.17, 15) is 9.59 Å². The third kappa shape index (κ3) is 3.24. The summed E-state index contributed by atoms with van der Waals surface area (Å²) in [5, 5.41) is 12.1. The molecule has 0 saturated carbocycles. The lowest BCUT2D eigenvalue weighted by atomic mass is 9.89. The van der Waals surface area contributed by atoms with Gasteiger partial charge in [-0.2, -0.15) is 0 Å². The quantitative estimate of drug-likeness (QED) is 0.747. The van der Waals surface area contributed by atoms with Gasteiger partial charge >= 0.3 is 0 Å². The number of nitrogens with zero attached hydrogens (tertiary/aromatic N) is 3. The predicted molar refractivity (Wildman–Crippen MR) is 103 cm³/mol. The molecular formula is C18H17ClN4O2S. The highest BCUT2D eigenvalue weighted by Crippen LogP contribution is 2.35. The fourth-order valence-electron chi connectivity index (χ4n) is 3.26. The Labute approximate surface area is 158 Å². The van der Waals surface area contributed by atoms with E-state index in [-0.39, 0.29) is 18.0 Å². The molecule has 1 amide bonds. The van der Waals surface area contributed by atoms with Crippen LogP contribution in [0.3, 0.4) is 0 Å². The minimum Gasteiger partial charge on any atom is -0.324 e. The highest BCUT2D eigenvalue weighted by molar-refractivity contribution is 7.18. The van der Waals surface area contributed by atoms with Gasteiger partial charge in [-0.15, -0.1) is 16.4 Å². The number of benzene rings is 1. The Bertz CT molecular complexity index is 1040. The van der Waals surface area contributed by atoms with Crippen molar-refractivity contribution in [3.05, 3.63) is 50.1 Å². The number of carbonyl (C=O) groups excluding carboxylic acids is 1. The summed E-state index contributed by atoms with van der Waals surface area (Å²) in [6.07, 6.45) is 2.93. The van der Waals surface area contributed by atoms with Crippen LogP contribution in [-0.4, -0.2) is 20.9 Å². The molecule has 134 valence electrons. The summed E-state index contributed by atoms with van der Waals surface area (Å²) in [6.45, 7) is 2.05. The van der Waals surface area contributed by atoms with Crippen molar-refractivity contribution < 1.29 is 4.79 Å². The lowest BCUT2D eigenvalue weighted by Gasteiger charge is -2.17. The van der Waals surface area contributed by atoms with Crippen molar-refractivity contribution in [2.75, 3.05) is 5.32 Å². The highest BCUT2D eigenvalue weighted by atomic mass is 35.5. The van der Waals surface area contributed by atoms with Gasteiger partial charge in [-0.05, 0) is 55.0 Å². The zero-order chi connectivity index (χ0) is 18.3. The summed E-state index contributed by atoms with van der Waals surface area (Å²) < 4.78 is 1.14. The second-order valence-corrected chi connectivity index (χ2v) is 8.16. The van der Waals surface area contributed by atoms with Crippen molar-refractivity contribution in [1.29, 1.82) is 0 Å². The number of carbonyl (C=O) groups is 1. The molecule has 0 aliphatic heterocycles. The second-order valence-electron chi connectivity index (χ2n) is 6.64. The number of thiophene rings is 1. The zero-order valence-corrected chi connectivity index (χ0v) is 15.7. The van der Waals surface area contributed by atoms with Gasteiger partial charge in [0, 0.05) is 15.6 Å². The molecule has 4 rings (SSSR count). The molecule has 0 bridgehead atoms. The number of hydrogen-bond acceptors (Lipinski definition) is 5. The molecule has 1 atom stereocenters. The van der Waals surface area contributed by atoms with Gasteiger partial charge in [0.05, 0.1) is 5.39 Å². The first-order valence-corrected chi connectivity index (χ1v) is 9.64. The molecule has 1 aliphatic carbocycles. The van der Waals surface area contributed by atoms with Crippen molar-refractivity contribution in [3.63, 3.8) is 0 Å². The van der Waals surface area contributed by atoms with E-state index in [0.29, 0.717) is 26.8 Å². The Morgan fingerprint density at radius 1 is 1.38 bits per heavy atom. The topological polar surface area (TPSA) is 76.9 Å². The number of amides is 1. The first-order valence-electron chi connectivity index (χ1n) is 8.44. The van der Waals surface area contributed by atoms with Crippen molar-refractivity contribution in [2.24, 2.45) is 5.92 Å². The molecular weight excluding hydrogens is 372 g/mol. The maximum Gasteiger partial charge on any atom is 0.279 e. The van der Waals surface area contributed by atoms with Gasteiger partial charge in [-0.1, -0.05) is 23.7 Å². The molecule has 26 heavy (non-hydrogen) atoms. The van der Waals surface area contributed by atoms with Gasteiger partial charge in [0.15, 0.2) is 4.83 Å². The summed E-state index contributed by atoms with van der Waals surface area (Å²) in [5.41, 5.74) is 1.46. The van der Waals surface area contributed by atoms with Crippen molar-refractivity contribution in [2.45, 2.75) is 32.7 Å². The lowest BCUT2D eigenvalue weighted by molar-refractivity contribution is -0.117. The van der Waals surface area contributed by atoms with Crippen LogP contribution in [0.5, 0.6) is 0 Å². The maximum atomic E-state index is 12.8. The van der Waals surface area contributed by atoms with Crippen LogP contribution in [-0.2, 0) is 24.2 Å². The molecule has 0 spiro atoms. The number of hydrogen-bond donors (Lipinski definition) is 1. The Balaban J connectivity index is 1.61. The Morgan fingerprint density at radius 2 is 2.15 bits per heavy atom. The normalized spacial score (nSPS) is 16.5. The molecule has 2 aromatic heterocycles. The summed E-state index contributed by atoms with van der Waals surface area (Å²) in [7, 11) is 0. The highest BCUT2D eigenvalue weighted by Gasteiger charge is 2.24. The Kier molecular flexibility index (Phi) is 4.50. The molecule has 1 N–H and O–H groups in total. The largest absolute Gasteiger partial charge is 0.324 e. The number of fused-ring (bicyclic) bond motifs is 3. The van der Waals surface area contributed by atoms with Crippen LogP contribution in [0.2, 0.25) is 5.02 Å². The third-order valence-electron chi connectivity index (χ3n) is 4.61. The summed E-state index contributed by atoms with van der Waals surface area (Å²) in [5.74, 6) is 0.289. The molecule has 0 saturated heterocycles. The van der Waals surface area contributed by atoms with Crippen LogP contribution in [0.4, 0.5) is 5.69 Å². The van der Waals surface area contributed by atoms with Crippen LogP contribution in [0.15, 0.2) is 29.1 Å². The van der Waals surface area contributed by atoms with Gasteiger partial charge in [0.2, 0.25) is 5.91 Å². The van der Waals surface area contributed by atoms with E-state index < -0.39 is 0 Å². The first-order chi connectivity index (χ1) is 12.5. The van der Waals surface area contributed by atoms with E-state index in [0.717, 1.165) is 29.5 Å². The van der Waals surface area contributed by atoms with Gasteiger partial charge in [-0.3, -0.25) is 9.59 Å². The number of nitrogens with one attached hydrogen (secondary N) is 1. The number of rotatable bonds is 3. The molecule has 3 aromatic rings. The third-order valence-corrected chi connectivity index (χ3v) is 6.00. The minimum atomic E-state index is -0.333. The first kappa shape index (κ1) is 17.2. The van der Waals surface area contributed by atoms with Crippen LogP contribution >= 0.6 is 22.9 Å². The van der Waals surface area contributed by atoms with Crippen LogP contribution in [0.25, 0.3) is 10.2 Å². The number of anilines is 1. The minimum absolute atomic E-state index is 0.175. The fraction of sp³-hybridized carbons (Fsp3) is 0.333. The summed E-state index contributed by atoms with van der Waals surface area (Å²) in [6, 6.07) is 6.78. The van der Waals surface area contributed by atoms with E-state index >= 15 is 0 Å². The SMILES string of the molecule is C[C@H]1CCc2c(sc3nnn(CC(=O)Nc4ccc(Cl)cc4)c(=O)c23)C1. The van der Waals surface area contributed by atoms with E-state index in [1.165, 1.54) is 4.88 Å². The van der Waals surface area contributed by atoms with E-state index in [1.54, 1.807) is 35.6 Å². The standard InChI is InChI=1S/C18H17ClN4O2S/c1-10-2-7-13-14(8-10)26-17-16(13)18(25)23(22-21-17)9-15(24)20-12-5-3-11(19)4-6-12/h3-6,10H,2,7-9H2,1H3,(H,20,24)/t10-/m0/s1. The van der Waals surface area contributed by atoms with Gasteiger partial charge < -0.3 is 5.32 Å². The molecule has 0 fully saturated rings. The van der Waals surface area contributed by atoms with Crippen LogP contribution < -0.4 is 10.9 Å². The van der Waals surface area contributed by atoms with E-state index in [2.05, 4.69) is 22.6 Å². The maximum absolute atomic E-state index is 12.8. The van der Waals surface area contributed by atoms with Gasteiger partial charge in [0.25, 0.3) is 5.56 Å². The average Bonchev–Trinajstić information content (AvgIpc) is 2.97. The van der Waals surface area contributed by atoms with Crippen molar-refractivity contribution >= 4 is 44.7 Å². The smallest absolute Gasteiger partial charge is 0.279 e. The number of halogens is 1. The lowest BCUT2D eigenvalue weighted by Crippen LogP contribution is -2.30. The summed E-state index contributed by atoms with van der Waals surface area (Å²) >= 11 is 7.38. The Hall–Kier alpha value is -2.25. The zero-order valence-electron chi connectivity index (χ0n) is 14.2. The predicted octanol–water partition coefficient (Wildman–Crippen LogP) is 3.27. The molecule has 1 aromatic carbocycles. The van der Waals surface area contributed by atoms with Gasteiger partial charge in [0.1, 0.15) is 6.54 Å². The van der Waals surface area contributed by atoms with Crippen LogP contribution in [0, 0.1) is 5.92 Å². The van der Waals surface area contributed by atoms with E-state index in [4.69, 9.17) is 11.6 Å². The monoisotopic (exact) mass is 388 g/mol. The molecule has 6 nitrogen and oxygen atoms in total.